The van der Waals surface area contributed by atoms with Crippen LogP contribution in [0.15, 0.2) is 11.4 Å². The summed E-state index contributed by atoms with van der Waals surface area (Å²) in [7, 11) is 0. The van der Waals surface area contributed by atoms with Crippen molar-refractivity contribution in [1.82, 2.24) is 5.32 Å². The van der Waals surface area contributed by atoms with Gasteiger partial charge in [-0.15, -0.1) is 11.3 Å². The van der Waals surface area contributed by atoms with Gasteiger partial charge in [-0.2, -0.15) is 0 Å². The first kappa shape index (κ1) is 15.7. The third-order valence-electron chi connectivity index (χ3n) is 3.64. The zero-order valence-electron chi connectivity index (χ0n) is 12.5. The molecule has 0 aliphatic rings. The molecule has 104 valence electrons. The molecular formula is C16H29NS. The molecule has 1 rings (SSSR count). The Morgan fingerprint density at radius 2 is 1.78 bits per heavy atom. The van der Waals surface area contributed by atoms with Gasteiger partial charge in [-0.05, 0) is 55.7 Å². The molecule has 1 unspecified atom stereocenters. The Morgan fingerprint density at radius 1 is 1.11 bits per heavy atom. The van der Waals surface area contributed by atoms with E-state index in [9.17, 15) is 0 Å². The summed E-state index contributed by atoms with van der Waals surface area (Å²) < 4.78 is 0. The fraction of sp³-hybridized carbons (Fsp3) is 0.750. The number of thiophene rings is 1. The molecule has 0 fully saturated rings. The second-order valence-corrected chi connectivity index (χ2v) is 6.32. The monoisotopic (exact) mass is 267 g/mol. The van der Waals surface area contributed by atoms with Gasteiger partial charge in [-0.1, -0.05) is 33.6 Å². The molecule has 1 aromatic rings. The summed E-state index contributed by atoms with van der Waals surface area (Å²) in [5, 5.41) is 6.03. The van der Waals surface area contributed by atoms with E-state index in [0.29, 0.717) is 6.04 Å². The molecule has 1 atom stereocenters. The summed E-state index contributed by atoms with van der Waals surface area (Å²) in [6.07, 6.45) is 6.47. The van der Waals surface area contributed by atoms with Gasteiger partial charge in [-0.3, -0.25) is 0 Å². The van der Waals surface area contributed by atoms with Gasteiger partial charge in [-0.25, -0.2) is 0 Å². The summed E-state index contributed by atoms with van der Waals surface area (Å²) in [4.78, 5) is 1.49. The molecule has 0 amide bonds. The van der Waals surface area contributed by atoms with Crippen molar-refractivity contribution in [1.29, 1.82) is 0 Å². The number of aryl methyl sites for hydroxylation is 1. The molecule has 0 bridgehead atoms. The maximum absolute atomic E-state index is 3.79. The van der Waals surface area contributed by atoms with Crippen LogP contribution in [0, 0.1) is 12.8 Å². The second kappa shape index (κ2) is 8.71. The van der Waals surface area contributed by atoms with E-state index in [0.717, 1.165) is 12.5 Å². The van der Waals surface area contributed by atoms with E-state index < -0.39 is 0 Å². The van der Waals surface area contributed by atoms with Gasteiger partial charge in [0.2, 0.25) is 0 Å². The molecule has 0 saturated carbocycles. The molecule has 1 N–H and O–H groups in total. The van der Waals surface area contributed by atoms with Crippen molar-refractivity contribution in [3.05, 3.63) is 21.9 Å². The van der Waals surface area contributed by atoms with Crippen molar-refractivity contribution in [2.75, 3.05) is 6.54 Å². The largest absolute Gasteiger partial charge is 0.310 e. The van der Waals surface area contributed by atoms with Gasteiger partial charge in [0.05, 0.1) is 0 Å². The van der Waals surface area contributed by atoms with Gasteiger partial charge in [0.1, 0.15) is 0 Å². The van der Waals surface area contributed by atoms with Crippen LogP contribution in [-0.4, -0.2) is 6.54 Å². The molecule has 1 nitrogen and oxygen atoms in total. The van der Waals surface area contributed by atoms with E-state index in [1.54, 1.807) is 5.56 Å². The van der Waals surface area contributed by atoms with Crippen LogP contribution in [0.4, 0.5) is 0 Å². The van der Waals surface area contributed by atoms with Gasteiger partial charge in [0.15, 0.2) is 0 Å². The predicted octanol–water partition coefficient (Wildman–Crippen LogP) is 5.31. The maximum Gasteiger partial charge on any atom is 0.0359 e. The summed E-state index contributed by atoms with van der Waals surface area (Å²) >= 11 is 1.88. The Balaban J connectivity index is 2.84. The van der Waals surface area contributed by atoms with E-state index in [-0.39, 0.29) is 0 Å². The summed E-state index contributed by atoms with van der Waals surface area (Å²) in [5.41, 5.74) is 1.54. The first-order chi connectivity index (χ1) is 8.74. The minimum Gasteiger partial charge on any atom is -0.310 e. The topological polar surface area (TPSA) is 12.0 Å². The minimum atomic E-state index is 0.566. The number of hydrogen-bond donors (Lipinski definition) is 1. The van der Waals surface area contributed by atoms with Crippen LogP contribution in [0.1, 0.15) is 69.4 Å². The Bertz CT molecular complexity index is 313. The molecule has 0 aliphatic heterocycles. The molecule has 0 spiro atoms. The Kier molecular flexibility index (Phi) is 7.60. The molecule has 0 saturated heterocycles. The number of nitrogens with one attached hydrogen (secondary N) is 1. The van der Waals surface area contributed by atoms with E-state index in [4.69, 9.17) is 0 Å². The molecule has 1 heterocycles. The SMILES string of the molecule is CCCNC(c1ccsc1C)C(CCC)CCC. The average molecular weight is 267 g/mol. The highest BCUT2D eigenvalue weighted by molar-refractivity contribution is 7.10. The Hall–Kier alpha value is -0.340. The predicted molar refractivity (Wildman–Crippen MR) is 83.4 cm³/mol. The zero-order chi connectivity index (χ0) is 13.4. The molecule has 0 aromatic carbocycles. The highest BCUT2D eigenvalue weighted by atomic mass is 32.1. The van der Waals surface area contributed by atoms with Crippen LogP contribution in [0.2, 0.25) is 0 Å². The lowest BCUT2D eigenvalue weighted by Crippen LogP contribution is -2.29. The van der Waals surface area contributed by atoms with Crippen LogP contribution < -0.4 is 5.32 Å². The second-order valence-electron chi connectivity index (χ2n) is 5.20. The number of rotatable bonds is 9. The lowest BCUT2D eigenvalue weighted by Gasteiger charge is -2.28. The molecule has 18 heavy (non-hydrogen) atoms. The van der Waals surface area contributed by atoms with Crippen molar-refractivity contribution < 1.29 is 0 Å². The standard InChI is InChI=1S/C16H29NS/c1-5-8-14(9-6-2)16(17-11-7-3)15-10-12-18-13(15)4/h10,12,14,16-17H,5-9,11H2,1-4H3. The normalized spacial score (nSPS) is 13.2. The van der Waals surface area contributed by atoms with E-state index in [1.165, 1.54) is 37.0 Å². The van der Waals surface area contributed by atoms with Crippen molar-refractivity contribution in [2.24, 2.45) is 5.92 Å². The average Bonchev–Trinajstić information content (AvgIpc) is 2.77. The van der Waals surface area contributed by atoms with E-state index >= 15 is 0 Å². The van der Waals surface area contributed by atoms with Crippen LogP contribution in [0.25, 0.3) is 0 Å². The summed E-state index contributed by atoms with van der Waals surface area (Å²) in [6, 6.07) is 2.89. The molecule has 1 aromatic heterocycles. The van der Waals surface area contributed by atoms with Gasteiger partial charge < -0.3 is 5.32 Å². The van der Waals surface area contributed by atoms with Crippen molar-refractivity contribution >= 4 is 11.3 Å². The summed E-state index contributed by atoms with van der Waals surface area (Å²) in [5.74, 6) is 0.792. The Labute approximate surface area is 117 Å². The lowest BCUT2D eigenvalue weighted by molar-refractivity contribution is 0.316. The highest BCUT2D eigenvalue weighted by Crippen LogP contribution is 2.33. The first-order valence-corrected chi connectivity index (χ1v) is 8.39. The van der Waals surface area contributed by atoms with Crippen molar-refractivity contribution in [3.63, 3.8) is 0 Å². The molecule has 0 radical (unpaired) electrons. The van der Waals surface area contributed by atoms with Crippen molar-refractivity contribution in [2.45, 2.75) is 65.8 Å². The van der Waals surface area contributed by atoms with Crippen LogP contribution in [0.3, 0.4) is 0 Å². The first-order valence-electron chi connectivity index (χ1n) is 7.51. The zero-order valence-corrected chi connectivity index (χ0v) is 13.3. The maximum atomic E-state index is 3.79. The Morgan fingerprint density at radius 3 is 2.22 bits per heavy atom. The molecular weight excluding hydrogens is 238 g/mol. The van der Waals surface area contributed by atoms with Gasteiger partial charge in [0, 0.05) is 10.9 Å². The third-order valence-corrected chi connectivity index (χ3v) is 4.50. The lowest BCUT2D eigenvalue weighted by atomic mass is 9.86. The van der Waals surface area contributed by atoms with E-state index in [1.807, 2.05) is 11.3 Å². The van der Waals surface area contributed by atoms with Gasteiger partial charge in [0.25, 0.3) is 0 Å². The smallest absolute Gasteiger partial charge is 0.0359 e. The van der Waals surface area contributed by atoms with Crippen LogP contribution in [-0.2, 0) is 0 Å². The molecule has 2 heteroatoms. The van der Waals surface area contributed by atoms with Crippen LogP contribution in [0.5, 0.6) is 0 Å². The van der Waals surface area contributed by atoms with Crippen LogP contribution >= 0.6 is 11.3 Å². The highest BCUT2D eigenvalue weighted by Gasteiger charge is 2.23. The summed E-state index contributed by atoms with van der Waals surface area (Å²) in [6.45, 7) is 10.2. The fourth-order valence-corrected chi connectivity index (χ4v) is 3.52. The minimum absolute atomic E-state index is 0.566. The fourth-order valence-electron chi connectivity index (χ4n) is 2.77. The van der Waals surface area contributed by atoms with Crippen molar-refractivity contribution in [3.8, 4) is 0 Å². The third kappa shape index (κ3) is 4.40. The van der Waals surface area contributed by atoms with E-state index in [2.05, 4.69) is 44.5 Å². The number of hydrogen-bond acceptors (Lipinski definition) is 2. The van der Waals surface area contributed by atoms with Gasteiger partial charge >= 0.3 is 0 Å². The molecule has 0 aliphatic carbocycles. The quantitative estimate of drug-likeness (QED) is 0.639.